The summed E-state index contributed by atoms with van der Waals surface area (Å²) in [4.78, 5) is 16.0. The fourth-order valence-electron chi connectivity index (χ4n) is 5.99. The van der Waals surface area contributed by atoms with Crippen LogP contribution in [0, 0.1) is 10.8 Å². The van der Waals surface area contributed by atoms with Crippen LogP contribution >= 0.6 is 0 Å². The van der Waals surface area contributed by atoms with Crippen molar-refractivity contribution in [1.29, 1.82) is 0 Å². The van der Waals surface area contributed by atoms with Crippen LogP contribution in [-0.2, 0) is 14.9 Å². The van der Waals surface area contributed by atoms with Gasteiger partial charge in [0.2, 0.25) is 0 Å². The van der Waals surface area contributed by atoms with Gasteiger partial charge in [0.1, 0.15) is 6.61 Å². The summed E-state index contributed by atoms with van der Waals surface area (Å²) >= 11 is 0. The van der Waals surface area contributed by atoms with Gasteiger partial charge >= 0.3 is 0 Å². The maximum atomic E-state index is 13.8. The highest BCUT2D eigenvalue weighted by atomic mass is 16.5. The van der Waals surface area contributed by atoms with Crippen molar-refractivity contribution in [2.24, 2.45) is 21.1 Å². The molecule has 1 aromatic carbocycles. The van der Waals surface area contributed by atoms with E-state index in [9.17, 15) is 4.79 Å². The molecule has 5 rings (SSSR count). The molecule has 180 valence electrons. The van der Waals surface area contributed by atoms with Crippen LogP contribution in [0.25, 0.3) is 0 Å². The third kappa shape index (κ3) is 3.87. The van der Waals surface area contributed by atoms with E-state index in [-0.39, 0.29) is 22.7 Å². The smallest absolute Gasteiger partial charge is 0.162 e. The second kappa shape index (κ2) is 7.82. The number of benzene rings is 1. The van der Waals surface area contributed by atoms with Crippen molar-refractivity contribution < 1.29 is 9.53 Å². The molecule has 6 heteroatoms. The van der Waals surface area contributed by atoms with E-state index < -0.39 is 5.41 Å². The molecule has 0 saturated heterocycles. The molecule has 3 aliphatic heterocycles. The lowest BCUT2D eigenvalue weighted by atomic mass is 9.60. The number of dihydropyridines is 1. The lowest BCUT2D eigenvalue weighted by Crippen LogP contribution is -2.46. The van der Waals surface area contributed by atoms with E-state index in [0.717, 1.165) is 53.3 Å². The van der Waals surface area contributed by atoms with Crippen molar-refractivity contribution >= 4 is 11.5 Å². The molecule has 0 radical (unpaired) electrons. The van der Waals surface area contributed by atoms with Gasteiger partial charge in [0.25, 0.3) is 0 Å². The van der Waals surface area contributed by atoms with Crippen LogP contribution in [0.1, 0.15) is 66.4 Å². The molecule has 0 bridgehead atoms. The van der Waals surface area contributed by atoms with Crippen molar-refractivity contribution in [3.63, 3.8) is 0 Å². The van der Waals surface area contributed by atoms with E-state index in [1.165, 1.54) is 0 Å². The molecule has 0 saturated carbocycles. The third-order valence-corrected chi connectivity index (χ3v) is 7.42. The Labute approximate surface area is 202 Å². The van der Waals surface area contributed by atoms with Crippen LogP contribution in [0.3, 0.4) is 0 Å². The van der Waals surface area contributed by atoms with Gasteiger partial charge in [0, 0.05) is 40.6 Å². The minimum absolute atomic E-state index is 0.0591. The molecular formula is C28H36N4O2. The van der Waals surface area contributed by atoms with Gasteiger partial charge in [-0.2, -0.15) is 5.11 Å². The molecule has 0 fully saturated rings. The number of hydrogen-bond donors (Lipinski definition) is 1. The Kier molecular flexibility index (Phi) is 5.26. The molecule has 1 aromatic rings. The highest BCUT2D eigenvalue weighted by molar-refractivity contribution is 6.01. The molecular weight excluding hydrogens is 424 g/mol. The molecule has 0 aromatic heterocycles. The Balaban J connectivity index is 1.68. The molecule has 1 unspecified atom stereocenters. The maximum absolute atomic E-state index is 13.8. The molecule has 34 heavy (non-hydrogen) atoms. The average molecular weight is 461 g/mol. The van der Waals surface area contributed by atoms with Crippen molar-refractivity contribution in [3.05, 3.63) is 65.0 Å². The third-order valence-electron chi connectivity index (χ3n) is 7.42. The van der Waals surface area contributed by atoms with E-state index in [4.69, 9.17) is 9.85 Å². The monoisotopic (exact) mass is 460 g/mol. The normalized spacial score (nSPS) is 28.0. The molecule has 0 amide bonds. The number of Topliss-reactive ketones (excluding diaryl/α,β-unsaturated/α-hetero) is 1. The largest absolute Gasteiger partial charge is 0.498 e. The number of nitrogens with zero attached hydrogens (tertiary/aromatic N) is 3. The van der Waals surface area contributed by atoms with E-state index in [2.05, 4.69) is 81.1 Å². The van der Waals surface area contributed by atoms with Crippen LogP contribution in [0.4, 0.5) is 5.69 Å². The quantitative estimate of drug-likeness (QED) is 0.602. The lowest BCUT2D eigenvalue weighted by molar-refractivity contribution is -0.118. The zero-order valence-electron chi connectivity index (χ0n) is 21.2. The minimum atomic E-state index is -0.588. The number of nitrogens with one attached hydrogen (secondary N) is 1. The van der Waals surface area contributed by atoms with Crippen LogP contribution < -0.4 is 10.2 Å². The number of allylic oxidation sites excluding steroid dienone is 2. The first kappa shape index (κ1) is 22.9. The number of anilines is 1. The zero-order chi connectivity index (χ0) is 24.3. The summed E-state index contributed by atoms with van der Waals surface area (Å²) in [7, 11) is 0. The van der Waals surface area contributed by atoms with Crippen LogP contribution in [0.2, 0.25) is 0 Å². The molecule has 3 heterocycles. The van der Waals surface area contributed by atoms with Gasteiger partial charge in [-0.3, -0.25) is 4.79 Å². The maximum Gasteiger partial charge on any atom is 0.162 e. The summed E-state index contributed by atoms with van der Waals surface area (Å²) in [6.07, 6.45) is 5.96. The summed E-state index contributed by atoms with van der Waals surface area (Å²) in [5.74, 6) is 1.06. The summed E-state index contributed by atoms with van der Waals surface area (Å²) in [5.41, 5.74) is 4.66. The highest BCUT2D eigenvalue weighted by Crippen LogP contribution is 2.54. The van der Waals surface area contributed by atoms with E-state index in [1.807, 2.05) is 6.20 Å². The number of hydrogen-bond acceptors (Lipinski definition) is 6. The Bertz CT molecular complexity index is 1150. The highest BCUT2D eigenvalue weighted by Gasteiger charge is 2.52. The van der Waals surface area contributed by atoms with Gasteiger partial charge in [-0.25, -0.2) is 0 Å². The first-order valence-electron chi connectivity index (χ1n) is 12.3. The van der Waals surface area contributed by atoms with Gasteiger partial charge in [-0.1, -0.05) is 46.8 Å². The van der Waals surface area contributed by atoms with Gasteiger partial charge in [0.05, 0.1) is 18.8 Å². The molecule has 4 aliphatic rings. The van der Waals surface area contributed by atoms with Crippen LogP contribution in [-0.4, -0.2) is 25.0 Å². The Morgan fingerprint density at radius 1 is 1.21 bits per heavy atom. The van der Waals surface area contributed by atoms with Crippen molar-refractivity contribution in [2.75, 3.05) is 18.1 Å². The number of ketones is 1. The van der Waals surface area contributed by atoms with Gasteiger partial charge in [-0.05, 0) is 48.3 Å². The van der Waals surface area contributed by atoms with Crippen molar-refractivity contribution in [1.82, 2.24) is 5.32 Å². The lowest BCUT2D eigenvalue weighted by Gasteiger charge is -2.45. The molecule has 1 N–H and O–H groups in total. The van der Waals surface area contributed by atoms with E-state index in [1.54, 1.807) is 6.26 Å². The number of carbonyl (C=O) groups excluding carboxylic acids is 1. The zero-order valence-corrected chi connectivity index (χ0v) is 21.2. The number of carbonyl (C=O) groups is 1. The van der Waals surface area contributed by atoms with Crippen molar-refractivity contribution in [2.45, 2.75) is 72.3 Å². The fourth-order valence-corrected chi connectivity index (χ4v) is 5.99. The molecule has 0 spiro atoms. The number of azo groups is 1. The fraction of sp³-hybridized carbons (Fsp3) is 0.536. The predicted molar refractivity (Wildman–Crippen MR) is 134 cm³/mol. The van der Waals surface area contributed by atoms with Gasteiger partial charge in [-0.15, -0.1) is 5.11 Å². The summed E-state index contributed by atoms with van der Waals surface area (Å²) in [5, 5.41) is 12.9. The summed E-state index contributed by atoms with van der Waals surface area (Å²) in [6, 6.07) is 8.55. The SMILES string of the molecule is CC(C)(C)CC1N=NC2=C1[C@@](C)(c1cccc(N3C=COCC3)c1)C1=C(CC(C)(C)CC1=O)N2. The standard InChI is InChI=1S/C28H36N4O2/c1-26(2,3)15-21-24-25(31-30-21)29-20-16-27(4,5)17-22(33)23(20)28(24,6)18-8-7-9-19(14-18)32-10-12-34-13-11-32/h7-10,12,14,21,29H,11,13,15-17H2,1-6H3/t21?,28-/m0/s1. The van der Waals surface area contributed by atoms with Crippen LogP contribution in [0.15, 0.2) is 69.6 Å². The van der Waals surface area contributed by atoms with E-state index in [0.29, 0.717) is 13.0 Å². The first-order valence-corrected chi connectivity index (χ1v) is 12.3. The van der Waals surface area contributed by atoms with Gasteiger partial charge < -0.3 is 15.0 Å². The summed E-state index contributed by atoms with van der Waals surface area (Å²) in [6.45, 7) is 14.7. The second-order valence-corrected chi connectivity index (χ2v) is 12.2. The average Bonchev–Trinajstić information content (AvgIpc) is 3.14. The molecule has 6 nitrogen and oxygen atoms in total. The van der Waals surface area contributed by atoms with Gasteiger partial charge in [0.15, 0.2) is 11.6 Å². The summed E-state index contributed by atoms with van der Waals surface area (Å²) < 4.78 is 5.39. The molecule has 2 atom stereocenters. The minimum Gasteiger partial charge on any atom is -0.498 e. The Morgan fingerprint density at radius 2 is 2.00 bits per heavy atom. The Hall–Kier alpha value is -2.89. The number of ether oxygens (including phenoxy) is 1. The molecule has 1 aliphatic carbocycles. The second-order valence-electron chi connectivity index (χ2n) is 12.2. The number of rotatable bonds is 3. The topological polar surface area (TPSA) is 66.3 Å². The predicted octanol–water partition coefficient (Wildman–Crippen LogP) is 5.98. The van der Waals surface area contributed by atoms with E-state index >= 15 is 0 Å². The van der Waals surface area contributed by atoms with Crippen LogP contribution in [0.5, 0.6) is 0 Å². The first-order chi connectivity index (χ1) is 16.0. The van der Waals surface area contributed by atoms with Crippen molar-refractivity contribution in [3.8, 4) is 0 Å². The Morgan fingerprint density at radius 3 is 2.71 bits per heavy atom.